The zero-order valence-electron chi connectivity index (χ0n) is 13.4. The van der Waals surface area contributed by atoms with E-state index >= 15 is 0 Å². The molecule has 122 valence electrons. The molecule has 0 aliphatic carbocycles. The highest BCUT2D eigenvalue weighted by atomic mass is 19.1. The van der Waals surface area contributed by atoms with Crippen molar-refractivity contribution in [2.24, 2.45) is 4.99 Å². The lowest BCUT2D eigenvalue weighted by Crippen LogP contribution is -2.39. The third-order valence-electron chi connectivity index (χ3n) is 3.52. The van der Waals surface area contributed by atoms with Gasteiger partial charge in [-0.1, -0.05) is 30.3 Å². The first-order chi connectivity index (χ1) is 11.1. The Kier molecular flexibility index (Phi) is 6.09. The Morgan fingerprint density at radius 3 is 2.61 bits per heavy atom. The number of nitrogens with zero attached hydrogens (tertiary/aromatic N) is 2. The maximum absolute atomic E-state index is 13.6. The third kappa shape index (κ3) is 5.06. The largest absolute Gasteiger partial charge is 0.356 e. The molecule has 0 saturated carbocycles. The van der Waals surface area contributed by atoms with Crippen LogP contribution in [0.15, 0.2) is 53.5 Å². The van der Waals surface area contributed by atoms with E-state index in [0.717, 1.165) is 5.56 Å². The summed E-state index contributed by atoms with van der Waals surface area (Å²) in [5.41, 5.74) is 1.53. The van der Waals surface area contributed by atoms with E-state index in [-0.39, 0.29) is 11.6 Å². The van der Waals surface area contributed by atoms with Crippen LogP contribution in [0.25, 0.3) is 0 Å². The van der Waals surface area contributed by atoms with Crippen molar-refractivity contribution in [2.45, 2.75) is 13.0 Å². The fraction of sp³-hybridized carbons (Fsp3) is 0.278. The lowest BCUT2D eigenvalue weighted by atomic mass is 10.1. The second kappa shape index (κ2) is 8.27. The van der Waals surface area contributed by atoms with Crippen molar-refractivity contribution < 1.29 is 8.78 Å². The van der Waals surface area contributed by atoms with Gasteiger partial charge in [0.1, 0.15) is 11.6 Å². The summed E-state index contributed by atoms with van der Waals surface area (Å²) in [4.78, 5) is 6.10. The molecule has 23 heavy (non-hydrogen) atoms. The van der Waals surface area contributed by atoms with E-state index in [9.17, 15) is 8.78 Å². The van der Waals surface area contributed by atoms with Gasteiger partial charge in [-0.25, -0.2) is 8.78 Å². The predicted octanol–water partition coefficient (Wildman–Crippen LogP) is 3.21. The molecular weight excluding hydrogens is 296 g/mol. The lowest BCUT2D eigenvalue weighted by molar-refractivity contribution is 0.474. The average Bonchev–Trinajstić information content (AvgIpc) is 2.53. The van der Waals surface area contributed by atoms with E-state index in [1.54, 1.807) is 25.2 Å². The van der Waals surface area contributed by atoms with Crippen LogP contribution in [0.5, 0.6) is 0 Å². The van der Waals surface area contributed by atoms with Gasteiger partial charge in [0.2, 0.25) is 0 Å². The lowest BCUT2D eigenvalue weighted by Gasteiger charge is -2.22. The molecule has 0 aliphatic heterocycles. The molecule has 0 atom stereocenters. The maximum Gasteiger partial charge on any atom is 0.193 e. The van der Waals surface area contributed by atoms with Crippen LogP contribution in [0.2, 0.25) is 0 Å². The Bertz CT molecular complexity index is 671. The van der Waals surface area contributed by atoms with Crippen LogP contribution in [0, 0.1) is 11.6 Å². The molecule has 0 aliphatic rings. The van der Waals surface area contributed by atoms with Gasteiger partial charge in [-0.2, -0.15) is 0 Å². The maximum atomic E-state index is 13.6. The van der Waals surface area contributed by atoms with Crippen molar-refractivity contribution in [1.82, 2.24) is 10.2 Å². The molecule has 2 rings (SSSR count). The van der Waals surface area contributed by atoms with E-state index in [2.05, 4.69) is 10.3 Å². The van der Waals surface area contributed by atoms with Gasteiger partial charge >= 0.3 is 0 Å². The van der Waals surface area contributed by atoms with Crippen molar-refractivity contribution in [3.63, 3.8) is 0 Å². The van der Waals surface area contributed by atoms with Crippen LogP contribution in [-0.4, -0.2) is 31.5 Å². The standard InChI is InChI=1S/C18H21F2N3/c1-21-18(22-11-10-15-7-3-4-9-17(15)20)23(2)13-14-6-5-8-16(19)12-14/h3-9,12H,10-11,13H2,1-2H3,(H,21,22). The van der Waals surface area contributed by atoms with Crippen molar-refractivity contribution in [3.05, 3.63) is 71.3 Å². The third-order valence-corrected chi connectivity index (χ3v) is 3.52. The van der Waals surface area contributed by atoms with E-state index in [1.165, 1.54) is 18.2 Å². The fourth-order valence-electron chi connectivity index (χ4n) is 2.38. The Morgan fingerprint density at radius 1 is 1.13 bits per heavy atom. The number of halogens is 2. The number of guanidine groups is 1. The Labute approximate surface area is 135 Å². The summed E-state index contributed by atoms with van der Waals surface area (Å²) in [6.45, 7) is 1.11. The molecule has 0 aromatic heterocycles. The summed E-state index contributed by atoms with van der Waals surface area (Å²) in [5, 5.41) is 3.20. The Morgan fingerprint density at radius 2 is 1.91 bits per heavy atom. The second-order valence-corrected chi connectivity index (χ2v) is 5.30. The van der Waals surface area contributed by atoms with Gasteiger partial charge in [-0.15, -0.1) is 0 Å². The van der Waals surface area contributed by atoms with Crippen molar-refractivity contribution in [2.75, 3.05) is 20.6 Å². The second-order valence-electron chi connectivity index (χ2n) is 5.30. The van der Waals surface area contributed by atoms with E-state index in [4.69, 9.17) is 0 Å². The highest BCUT2D eigenvalue weighted by Gasteiger charge is 2.07. The first kappa shape index (κ1) is 16.9. The number of rotatable bonds is 5. The fourth-order valence-corrected chi connectivity index (χ4v) is 2.38. The van der Waals surface area contributed by atoms with Gasteiger partial charge < -0.3 is 10.2 Å². The number of nitrogens with one attached hydrogen (secondary N) is 1. The minimum Gasteiger partial charge on any atom is -0.356 e. The predicted molar refractivity (Wildman–Crippen MR) is 89.3 cm³/mol. The SMILES string of the molecule is CN=C(NCCc1ccccc1F)N(C)Cc1cccc(F)c1. The zero-order chi connectivity index (χ0) is 16.7. The first-order valence-corrected chi connectivity index (χ1v) is 7.50. The van der Waals surface area contributed by atoms with E-state index < -0.39 is 0 Å². The van der Waals surface area contributed by atoms with Gasteiger partial charge in [-0.05, 0) is 35.7 Å². The van der Waals surface area contributed by atoms with Crippen LogP contribution >= 0.6 is 0 Å². The molecule has 0 bridgehead atoms. The number of benzene rings is 2. The minimum atomic E-state index is -0.251. The molecule has 5 heteroatoms. The number of hydrogen-bond donors (Lipinski definition) is 1. The van der Waals surface area contributed by atoms with Crippen molar-refractivity contribution >= 4 is 5.96 Å². The van der Waals surface area contributed by atoms with E-state index in [0.29, 0.717) is 31.0 Å². The summed E-state index contributed by atoms with van der Waals surface area (Å²) < 4.78 is 26.8. The minimum absolute atomic E-state index is 0.197. The molecule has 0 radical (unpaired) electrons. The molecule has 3 nitrogen and oxygen atoms in total. The molecule has 0 unspecified atom stereocenters. The van der Waals surface area contributed by atoms with Gasteiger partial charge in [0.05, 0.1) is 0 Å². The van der Waals surface area contributed by atoms with Crippen LogP contribution in [0.4, 0.5) is 8.78 Å². The van der Waals surface area contributed by atoms with Gasteiger partial charge in [0.15, 0.2) is 5.96 Å². The van der Waals surface area contributed by atoms with Gasteiger partial charge in [-0.3, -0.25) is 4.99 Å². The number of aliphatic imine (C=N–C) groups is 1. The molecule has 0 spiro atoms. The van der Waals surface area contributed by atoms with Crippen LogP contribution in [-0.2, 0) is 13.0 Å². The summed E-state index contributed by atoms with van der Waals surface area (Å²) >= 11 is 0. The van der Waals surface area contributed by atoms with Crippen LogP contribution in [0.1, 0.15) is 11.1 Å². The average molecular weight is 317 g/mol. The van der Waals surface area contributed by atoms with E-state index in [1.807, 2.05) is 24.1 Å². The smallest absolute Gasteiger partial charge is 0.193 e. The van der Waals surface area contributed by atoms with Crippen LogP contribution < -0.4 is 5.32 Å². The molecule has 0 fully saturated rings. The normalized spacial score (nSPS) is 11.4. The topological polar surface area (TPSA) is 27.6 Å². The molecule has 2 aromatic carbocycles. The summed E-state index contributed by atoms with van der Waals surface area (Å²) in [6, 6.07) is 13.2. The first-order valence-electron chi connectivity index (χ1n) is 7.50. The Balaban J connectivity index is 1.88. The van der Waals surface area contributed by atoms with Gasteiger partial charge in [0, 0.05) is 27.2 Å². The molecule has 2 aromatic rings. The van der Waals surface area contributed by atoms with Gasteiger partial charge in [0.25, 0.3) is 0 Å². The number of hydrogen-bond acceptors (Lipinski definition) is 1. The van der Waals surface area contributed by atoms with Crippen LogP contribution in [0.3, 0.4) is 0 Å². The highest BCUT2D eigenvalue weighted by Crippen LogP contribution is 2.08. The van der Waals surface area contributed by atoms with Crippen molar-refractivity contribution in [1.29, 1.82) is 0 Å². The highest BCUT2D eigenvalue weighted by molar-refractivity contribution is 5.79. The quantitative estimate of drug-likeness (QED) is 0.677. The molecule has 1 N–H and O–H groups in total. The summed E-state index contributed by atoms with van der Waals surface area (Å²) in [6.07, 6.45) is 0.569. The molecule has 0 amide bonds. The monoisotopic (exact) mass is 317 g/mol. The molecule has 0 saturated heterocycles. The van der Waals surface area contributed by atoms with Crippen molar-refractivity contribution in [3.8, 4) is 0 Å². The molecule has 0 heterocycles. The molecular formula is C18H21F2N3. The summed E-state index contributed by atoms with van der Waals surface area (Å²) in [7, 11) is 3.57. The zero-order valence-corrected chi connectivity index (χ0v) is 13.4. The Hall–Kier alpha value is -2.43. The summed E-state index contributed by atoms with van der Waals surface area (Å²) in [5.74, 6) is 0.237.